The van der Waals surface area contributed by atoms with E-state index in [0.717, 1.165) is 11.3 Å². The minimum absolute atomic E-state index is 0.113. The number of pyridine rings is 1. The molecule has 5 rings (SSSR count). The summed E-state index contributed by atoms with van der Waals surface area (Å²) in [6.45, 7) is 2.04. The van der Waals surface area contributed by atoms with Crippen molar-refractivity contribution in [3.8, 4) is 11.6 Å². The topological polar surface area (TPSA) is 87.2 Å². The standard InChI is InChI=1S/C21H16N6O2/c1-14-7-8-18-25-15(9-19(28)26(18)11-14)12-29-21-17-10-24-27(20(17)22-13-23-21)16-5-3-2-4-6-16/h2-11,13H,12H2,1H3. The fourth-order valence-electron chi connectivity index (χ4n) is 3.17. The summed E-state index contributed by atoms with van der Waals surface area (Å²) >= 11 is 0. The number of aromatic nitrogens is 6. The van der Waals surface area contributed by atoms with Crippen molar-refractivity contribution in [3.63, 3.8) is 0 Å². The summed E-state index contributed by atoms with van der Waals surface area (Å²) in [4.78, 5) is 25.4. The van der Waals surface area contributed by atoms with Gasteiger partial charge in [0.1, 0.15) is 24.0 Å². The van der Waals surface area contributed by atoms with Crippen LogP contribution in [0.3, 0.4) is 0 Å². The Morgan fingerprint density at radius 3 is 2.79 bits per heavy atom. The largest absolute Gasteiger partial charge is 0.471 e. The molecular formula is C21H16N6O2. The molecule has 0 amide bonds. The molecule has 0 aliphatic carbocycles. The lowest BCUT2D eigenvalue weighted by atomic mass is 10.3. The van der Waals surface area contributed by atoms with E-state index in [4.69, 9.17) is 4.74 Å². The van der Waals surface area contributed by atoms with E-state index in [0.29, 0.717) is 28.3 Å². The highest BCUT2D eigenvalue weighted by molar-refractivity contribution is 5.81. The molecule has 0 radical (unpaired) electrons. The highest BCUT2D eigenvalue weighted by atomic mass is 16.5. The first kappa shape index (κ1) is 17.1. The minimum Gasteiger partial charge on any atom is -0.471 e. The molecule has 0 unspecified atom stereocenters. The first-order valence-electron chi connectivity index (χ1n) is 9.05. The Hall–Kier alpha value is -4.07. The molecular weight excluding hydrogens is 368 g/mol. The lowest BCUT2D eigenvalue weighted by Crippen LogP contribution is -2.16. The summed E-state index contributed by atoms with van der Waals surface area (Å²) in [5, 5.41) is 5.09. The van der Waals surface area contributed by atoms with Crippen molar-refractivity contribution >= 4 is 16.7 Å². The number of fused-ring (bicyclic) bond motifs is 2. The van der Waals surface area contributed by atoms with Crippen LogP contribution in [-0.4, -0.2) is 29.1 Å². The average molecular weight is 384 g/mol. The first-order valence-corrected chi connectivity index (χ1v) is 9.05. The number of ether oxygens (including phenoxy) is 1. The quantitative estimate of drug-likeness (QED) is 0.473. The van der Waals surface area contributed by atoms with Crippen LogP contribution >= 0.6 is 0 Å². The summed E-state index contributed by atoms with van der Waals surface area (Å²) < 4.78 is 9.12. The smallest absolute Gasteiger partial charge is 0.258 e. The number of nitrogens with zero attached hydrogens (tertiary/aromatic N) is 6. The second-order valence-corrected chi connectivity index (χ2v) is 6.62. The van der Waals surface area contributed by atoms with Gasteiger partial charge in [-0.2, -0.15) is 5.10 Å². The number of hydrogen-bond acceptors (Lipinski definition) is 6. The highest BCUT2D eigenvalue weighted by Gasteiger charge is 2.13. The molecule has 1 aromatic carbocycles. The van der Waals surface area contributed by atoms with Gasteiger partial charge >= 0.3 is 0 Å². The Bertz CT molecular complexity index is 1390. The zero-order valence-electron chi connectivity index (χ0n) is 15.6. The Morgan fingerprint density at radius 1 is 1.07 bits per heavy atom. The maximum absolute atomic E-state index is 12.4. The number of hydrogen-bond donors (Lipinski definition) is 0. The molecule has 5 aromatic rings. The van der Waals surface area contributed by atoms with Crippen LogP contribution in [0.1, 0.15) is 11.3 Å². The summed E-state index contributed by atoms with van der Waals surface area (Å²) in [6, 6.07) is 14.9. The molecule has 0 bridgehead atoms. The molecule has 0 aliphatic heterocycles. The Labute approximate surface area is 165 Å². The third-order valence-electron chi connectivity index (χ3n) is 4.55. The normalized spacial score (nSPS) is 11.2. The summed E-state index contributed by atoms with van der Waals surface area (Å²) in [7, 11) is 0. The van der Waals surface area contributed by atoms with Crippen molar-refractivity contribution in [2.24, 2.45) is 0 Å². The van der Waals surface area contributed by atoms with Crippen LogP contribution in [-0.2, 0) is 6.61 Å². The molecule has 0 saturated heterocycles. The SMILES string of the molecule is Cc1ccc2nc(COc3ncnc4c3cnn4-c3ccccc3)cc(=O)n2c1. The minimum atomic E-state index is -0.151. The van der Waals surface area contributed by atoms with E-state index in [1.54, 1.807) is 17.1 Å². The van der Waals surface area contributed by atoms with Gasteiger partial charge in [-0.05, 0) is 30.7 Å². The van der Waals surface area contributed by atoms with Crippen molar-refractivity contribution in [1.82, 2.24) is 29.1 Å². The van der Waals surface area contributed by atoms with E-state index in [-0.39, 0.29) is 12.2 Å². The lowest BCUT2D eigenvalue weighted by molar-refractivity contribution is 0.293. The van der Waals surface area contributed by atoms with Gasteiger partial charge in [0.15, 0.2) is 5.65 Å². The van der Waals surface area contributed by atoms with Crippen LogP contribution in [0, 0.1) is 6.92 Å². The fourth-order valence-corrected chi connectivity index (χ4v) is 3.17. The van der Waals surface area contributed by atoms with Gasteiger partial charge in [0.25, 0.3) is 5.56 Å². The molecule has 8 heteroatoms. The second kappa shape index (κ2) is 6.83. The molecule has 0 N–H and O–H groups in total. The van der Waals surface area contributed by atoms with E-state index < -0.39 is 0 Å². The molecule has 8 nitrogen and oxygen atoms in total. The van der Waals surface area contributed by atoms with Gasteiger partial charge in [0.05, 0.1) is 17.6 Å². The van der Waals surface area contributed by atoms with Crippen LogP contribution in [0.4, 0.5) is 0 Å². The predicted molar refractivity (Wildman–Crippen MR) is 107 cm³/mol. The zero-order chi connectivity index (χ0) is 19.8. The summed E-state index contributed by atoms with van der Waals surface area (Å²) in [5.41, 5.74) is 3.48. The number of benzene rings is 1. The van der Waals surface area contributed by atoms with Gasteiger partial charge in [0, 0.05) is 12.3 Å². The van der Waals surface area contributed by atoms with Crippen LogP contribution < -0.4 is 10.3 Å². The number of para-hydroxylation sites is 1. The van der Waals surface area contributed by atoms with Gasteiger partial charge in [-0.1, -0.05) is 24.3 Å². The van der Waals surface area contributed by atoms with Gasteiger partial charge < -0.3 is 4.74 Å². The highest BCUT2D eigenvalue weighted by Crippen LogP contribution is 2.23. The van der Waals surface area contributed by atoms with Gasteiger partial charge in [-0.3, -0.25) is 9.20 Å². The number of aryl methyl sites for hydroxylation is 1. The average Bonchev–Trinajstić information content (AvgIpc) is 3.18. The van der Waals surface area contributed by atoms with E-state index in [2.05, 4.69) is 20.1 Å². The van der Waals surface area contributed by atoms with Crippen molar-refractivity contribution in [2.45, 2.75) is 13.5 Å². The molecule has 0 saturated carbocycles. The Morgan fingerprint density at radius 2 is 1.93 bits per heavy atom. The van der Waals surface area contributed by atoms with E-state index in [1.807, 2.05) is 49.4 Å². The van der Waals surface area contributed by atoms with Gasteiger partial charge in [-0.25, -0.2) is 19.6 Å². The molecule has 142 valence electrons. The zero-order valence-corrected chi connectivity index (χ0v) is 15.6. The maximum Gasteiger partial charge on any atom is 0.258 e. The van der Waals surface area contributed by atoms with Crippen molar-refractivity contribution < 1.29 is 4.74 Å². The van der Waals surface area contributed by atoms with E-state index in [9.17, 15) is 4.79 Å². The molecule has 0 spiro atoms. The Kier molecular flexibility index (Phi) is 4.02. The molecule has 0 fully saturated rings. The summed E-state index contributed by atoms with van der Waals surface area (Å²) in [5.74, 6) is 0.392. The van der Waals surface area contributed by atoms with Crippen molar-refractivity contribution in [2.75, 3.05) is 0 Å². The molecule has 4 aromatic heterocycles. The number of rotatable bonds is 4. The third kappa shape index (κ3) is 3.10. The van der Waals surface area contributed by atoms with Crippen LogP contribution in [0.2, 0.25) is 0 Å². The molecule has 4 heterocycles. The van der Waals surface area contributed by atoms with Crippen LogP contribution in [0.25, 0.3) is 22.4 Å². The first-order chi connectivity index (χ1) is 14.2. The second-order valence-electron chi connectivity index (χ2n) is 6.62. The van der Waals surface area contributed by atoms with Crippen molar-refractivity contribution in [3.05, 3.63) is 88.9 Å². The van der Waals surface area contributed by atoms with Gasteiger partial charge in [0.2, 0.25) is 5.88 Å². The summed E-state index contributed by atoms with van der Waals surface area (Å²) in [6.07, 6.45) is 4.87. The van der Waals surface area contributed by atoms with E-state index >= 15 is 0 Å². The predicted octanol–water partition coefficient (Wildman–Crippen LogP) is 2.71. The third-order valence-corrected chi connectivity index (χ3v) is 4.55. The molecule has 29 heavy (non-hydrogen) atoms. The van der Waals surface area contributed by atoms with Gasteiger partial charge in [-0.15, -0.1) is 0 Å². The van der Waals surface area contributed by atoms with E-state index in [1.165, 1.54) is 16.8 Å². The molecule has 0 aliphatic rings. The molecule has 0 atom stereocenters. The fraction of sp³-hybridized carbons (Fsp3) is 0.0952. The maximum atomic E-state index is 12.4. The van der Waals surface area contributed by atoms with Crippen LogP contribution in [0.5, 0.6) is 5.88 Å². The Balaban J connectivity index is 1.47. The van der Waals surface area contributed by atoms with Crippen molar-refractivity contribution in [1.29, 1.82) is 0 Å². The monoisotopic (exact) mass is 384 g/mol. The lowest BCUT2D eigenvalue weighted by Gasteiger charge is -2.08. The van der Waals surface area contributed by atoms with Crippen LogP contribution in [0.15, 0.2) is 72.0 Å².